The molecule has 0 spiro atoms. The van der Waals surface area contributed by atoms with Crippen LogP contribution in [-0.4, -0.2) is 60.0 Å². The Kier molecular flexibility index (Phi) is 7.06. The van der Waals surface area contributed by atoms with Gasteiger partial charge >= 0.3 is 0 Å². The summed E-state index contributed by atoms with van der Waals surface area (Å²) in [6.45, 7) is 6.39. The third-order valence-corrected chi connectivity index (χ3v) is 6.64. The summed E-state index contributed by atoms with van der Waals surface area (Å²) in [5.74, 6) is 1.49. The molecule has 166 valence electrons. The maximum absolute atomic E-state index is 12.6. The normalized spacial score (nSPS) is 20.1. The van der Waals surface area contributed by atoms with Gasteiger partial charge in [-0.1, -0.05) is 40.9 Å². The van der Waals surface area contributed by atoms with Crippen LogP contribution in [0.25, 0.3) is 0 Å². The van der Waals surface area contributed by atoms with Gasteiger partial charge in [-0.15, -0.1) is 0 Å². The summed E-state index contributed by atoms with van der Waals surface area (Å²) >= 11 is 18.7. The zero-order valence-corrected chi connectivity index (χ0v) is 19.5. The van der Waals surface area contributed by atoms with Crippen LogP contribution in [0.2, 0.25) is 15.1 Å². The fraction of sp³-hybridized carbons (Fsp3) is 0.476. The molecule has 31 heavy (non-hydrogen) atoms. The Morgan fingerprint density at radius 1 is 1.19 bits per heavy atom. The van der Waals surface area contributed by atoms with E-state index in [0.717, 1.165) is 25.1 Å². The van der Waals surface area contributed by atoms with Crippen LogP contribution in [0, 0.1) is 5.92 Å². The lowest BCUT2D eigenvalue weighted by molar-refractivity contribution is -0.135. The summed E-state index contributed by atoms with van der Waals surface area (Å²) in [4.78, 5) is 25.7. The molecule has 7 nitrogen and oxygen atoms in total. The standard InChI is InChI=1S/C21H25Cl3N6O/c1-13(16-3-2-15(22)10-17(16)23)27-19-18(24)12-26-21(28-19)30-8-6-29(7-9-30)20(31)14-4-5-25-11-14/h2-3,10,12-14,25H,4-9,11H2,1H3,(H,26,27,28)/t13-,14+/m1/s1. The summed E-state index contributed by atoms with van der Waals surface area (Å²) in [6, 6.07) is 5.27. The van der Waals surface area contributed by atoms with Crippen molar-refractivity contribution in [1.29, 1.82) is 0 Å². The van der Waals surface area contributed by atoms with Crippen LogP contribution >= 0.6 is 34.8 Å². The van der Waals surface area contributed by atoms with Crippen LogP contribution in [0.3, 0.4) is 0 Å². The molecule has 0 saturated carbocycles. The van der Waals surface area contributed by atoms with E-state index in [4.69, 9.17) is 34.8 Å². The molecule has 2 aromatic rings. The highest BCUT2D eigenvalue weighted by atomic mass is 35.5. The Morgan fingerprint density at radius 3 is 2.65 bits per heavy atom. The van der Waals surface area contributed by atoms with Crippen LogP contribution in [0.1, 0.15) is 24.9 Å². The molecule has 0 radical (unpaired) electrons. The molecule has 0 bridgehead atoms. The van der Waals surface area contributed by atoms with Gasteiger partial charge in [0.1, 0.15) is 5.02 Å². The number of carbonyl (C=O) groups excluding carboxylic acids is 1. The minimum Gasteiger partial charge on any atom is -0.362 e. The fourth-order valence-corrected chi connectivity index (χ4v) is 4.72. The SMILES string of the molecule is C[C@@H](Nc1nc(N2CCN(C(=O)[C@H]3CCNC3)CC2)ncc1Cl)c1ccc(Cl)cc1Cl. The number of benzene rings is 1. The number of hydrogen-bond donors (Lipinski definition) is 2. The first-order valence-electron chi connectivity index (χ1n) is 10.4. The van der Waals surface area contributed by atoms with Gasteiger partial charge in [0.05, 0.1) is 18.2 Å². The molecule has 3 heterocycles. The number of nitrogens with zero attached hydrogens (tertiary/aromatic N) is 4. The molecule has 1 aromatic heterocycles. The largest absolute Gasteiger partial charge is 0.362 e. The van der Waals surface area contributed by atoms with Gasteiger partial charge in [0.15, 0.2) is 5.82 Å². The van der Waals surface area contributed by atoms with Gasteiger partial charge in [-0.25, -0.2) is 4.98 Å². The van der Waals surface area contributed by atoms with Crippen LogP contribution in [0.5, 0.6) is 0 Å². The van der Waals surface area contributed by atoms with E-state index in [2.05, 4.69) is 25.5 Å². The average molecular weight is 484 g/mol. The Balaban J connectivity index is 1.41. The van der Waals surface area contributed by atoms with Crippen molar-refractivity contribution in [2.75, 3.05) is 49.5 Å². The number of rotatable bonds is 5. The molecule has 2 fully saturated rings. The van der Waals surface area contributed by atoms with Crippen molar-refractivity contribution in [3.63, 3.8) is 0 Å². The number of hydrogen-bond acceptors (Lipinski definition) is 6. The lowest BCUT2D eigenvalue weighted by Gasteiger charge is -2.36. The monoisotopic (exact) mass is 482 g/mol. The molecule has 2 N–H and O–H groups in total. The number of carbonyl (C=O) groups is 1. The van der Waals surface area contributed by atoms with Gasteiger partial charge in [-0.3, -0.25) is 4.79 Å². The summed E-state index contributed by atoms with van der Waals surface area (Å²) in [6.07, 6.45) is 2.52. The number of amides is 1. The topological polar surface area (TPSA) is 73.4 Å². The van der Waals surface area contributed by atoms with Gasteiger partial charge in [-0.05, 0) is 37.6 Å². The second-order valence-corrected chi connectivity index (χ2v) is 9.15. The lowest BCUT2D eigenvalue weighted by Crippen LogP contribution is -2.51. The number of anilines is 2. The van der Waals surface area contributed by atoms with E-state index in [0.29, 0.717) is 53.0 Å². The highest BCUT2D eigenvalue weighted by Crippen LogP contribution is 2.30. The zero-order valence-electron chi connectivity index (χ0n) is 17.2. The van der Waals surface area contributed by atoms with Crippen LogP contribution in [-0.2, 0) is 4.79 Å². The van der Waals surface area contributed by atoms with E-state index < -0.39 is 0 Å². The molecular formula is C21H25Cl3N6O. The van der Waals surface area contributed by atoms with Crippen molar-refractivity contribution in [2.45, 2.75) is 19.4 Å². The van der Waals surface area contributed by atoms with Crippen molar-refractivity contribution in [2.24, 2.45) is 5.92 Å². The van der Waals surface area contributed by atoms with E-state index in [9.17, 15) is 4.79 Å². The summed E-state index contributed by atoms with van der Waals surface area (Å²) in [5, 5.41) is 8.18. The van der Waals surface area contributed by atoms with Gasteiger partial charge in [0, 0.05) is 42.8 Å². The van der Waals surface area contributed by atoms with E-state index >= 15 is 0 Å². The third kappa shape index (κ3) is 5.17. The van der Waals surface area contributed by atoms with Crippen molar-refractivity contribution in [3.8, 4) is 0 Å². The Bertz CT molecular complexity index is 945. The quantitative estimate of drug-likeness (QED) is 0.673. The minimum atomic E-state index is -0.125. The predicted molar refractivity (Wildman–Crippen MR) is 125 cm³/mol. The van der Waals surface area contributed by atoms with Gasteiger partial charge in [0.2, 0.25) is 11.9 Å². The smallest absolute Gasteiger partial charge is 0.227 e. The molecular weight excluding hydrogens is 459 g/mol. The Hall–Kier alpha value is -1.80. The van der Waals surface area contributed by atoms with Crippen molar-refractivity contribution in [1.82, 2.24) is 20.2 Å². The number of nitrogens with one attached hydrogen (secondary N) is 2. The van der Waals surface area contributed by atoms with Crippen molar-refractivity contribution in [3.05, 3.63) is 45.0 Å². The van der Waals surface area contributed by atoms with Crippen LogP contribution in [0.15, 0.2) is 24.4 Å². The Morgan fingerprint density at radius 2 is 1.97 bits per heavy atom. The second kappa shape index (κ2) is 9.77. The van der Waals surface area contributed by atoms with Gasteiger partial charge in [-0.2, -0.15) is 4.98 Å². The molecule has 1 amide bonds. The first-order valence-corrected chi connectivity index (χ1v) is 11.5. The van der Waals surface area contributed by atoms with Crippen molar-refractivity contribution >= 4 is 52.5 Å². The third-order valence-electron chi connectivity index (χ3n) is 5.80. The number of aromatic nitrogens is 2. The maximum atomic E-state index is 12.6. The molecule has 2 aliphatic rings. The molecule has 10 heteroatoms. The molecule has 1 aromatic carbocycles. The molecule has 2 saturated heterocycles. The summed E-state index contributed by atoms with van der Waals surface area (Å²) in [7, 11) is 0. The fourth-order valence-electron chi connectivity index (χ4n) is 4.00. The highest BCUT2D eigenvalue weighted by Gasteiger charge is 2.30. The van der Waals surface area contributed by atoms with Gasteiger partial charge < -0.3 is 20.4 Å². The molecule has 4 rings (SSSR count). The average Bonchev–Trinajstić information content (AvgIpc) is 3.30. The number of piperazine rings is 1. The minimum absolute atomic E-state index is 0.107. The highest BCUT2D eigenvalue weighted by molar-refractivity contribution is 6.35. The summed E-state index contributed by atoms with van der Waals surface area (Å²) in [5.41, 5.74) is 0.899. The van der Waals surface area contributed by atoms with Crippen molar-refractivity contribution < 1.29 is 4.79 Å². The predicted octanol–water partition coefficient (Wildman–Crippen LogP) is 3.87. The second-order valence-electron chi connectivity index (χ2n) is 7.90. The first-order chi connectivity index (χ1) is 14.9. The van der Waals surface area contributed by atoms with E-state index in [1.807, 2.05) is 17.9 Å². The first kappa shape index (κ1) is 22.4. The summed E-state index contributed by atoms with van der Waals surface area (Å²) < 4.78 is 0. The molecule has 2 aliphatic heterocycles. The molecule has 2 atom stereocenters. The van der Waals surface area contributed by atoms with E-state index in [-0.39, 0.29) is 17.9 Å². The molecule has 0 aliphatic carbocycles. The number of halogens is 3. The Labute approximate surface area is 197 Å². The van der Waals surface area contributed by atoms with E-state index in [1.54, 1.807) is 18.3 Å². The van der Waals surface area contributed by atoms with Gasteiger partial charge in [0.25, 0.3) is 0 Å². The molecule has 0 unspecified atom stereocenters. The van der Waals surface area contributed by atoms with Crippen LogP contribution < -0.4 is 15.5 Å². The zero-order chi connectivity index (χ0) is 22.0. The lowest BCUT2D eigenvalue weighted by atomic mass is 10.1. The maximum Gasteiger partial charge on any atom is 0.227 e. The van der Waals surface area contributed by atoms with Crippen LogP contribution in [0.4, 0.5) is 11.8 Å². The van der Waals surface area contributed by atoms with E-state index in [1.165, 1.54) is 0 Å².